The van der Waals surface area contributed by atoms with E-state index in [0.29, 0.717) is 12.7 Å². The van der Waals surface area contributed by atoms with E-state index in [9.17, 15) is 0 Å². The lowest BCUT2D eigenvalue weighted by Crippen LogP contribution is -2.34. The first-order valence-electron chi connectivity index (χ1n) is 7.35. The quantitative estimate of drug-likeness (QED) is 0.769. The Labute approximate surface area is 116 Å². The SMILES string of the molecule is CCCNCc1ccoc1COC1CCN(C)CC1. The van der Waals surface area contributed by atoms with Gasteiger partial charge in [0.15, 0.2) is 0 Å². The Morgan fingerprint density at radius 2 is 2.21 bits per heavy atom. The van der Waals surface area contributed by atoms with Gasteiger partial charge in [-0.25, -0.2) is 0 Å². The molecule has 0 aromatic carbocycles. The van der Waals surface area contributed by atoms with E-state index in [-0.39, 0.29) is 0 Å². The van der Waals surface area contributed by atoms with Crippen LogP contribution in [-0.2, 0) is 17.9 Å². The Balaban J connectivity index is 1.74. The fraction of sp³-hybridized carbons (Fsp3) is 0.733. The maximum Gasteiger partial charge on any atom is 0.133 e. The van der Waals surface area contributed by atoms with Crippen LogP contribution in [0, 0.1) is 0 Å². The van der Waals surface area contributed by atoms with Crippen LogP contribution in [0.25, 0.3) is 0 Å². The number of nitrogens with one attached hydrogen (secondary N) is 1. The lowest BCUT2D eigenvalue weighted by molar-refractivity contribution is -0.00517. The third-order valence-corrected chi connectivity index (χ3v) is 3.70. The summed E-state index contributed by atoms with van der Waals surface area (Å²) in [4.78, 5) is 2.35. The predicted octanol–water partition coefficient (Wildman–Crippen LogP) is 2.39. The Hall–Kier alpha value is -0.840. The van der Waals surface area contributed by atoms with Crippen molar-refractivity contribution in [1.82, 2.24) is 10.2 Å². The van der Waals surface area contributed by atoms with Gasteiger partial charge in [-0.15, -0.1) is 0 Å². The third kappa shape index (κ3) is 4.64. The minimum atomic E-state index is 0.387. The van der Waals surface area contributed by atoms with Crippen LogP contribution in [0.4, 0.5) is 0 Å². The zero-order valence-corrected chi connectivity index (χ0v) is 12.2. The second-order valence-corrected chi connectivity index (χ2v) is 5.36. The summed E-state index contributed by atoms with van der Waals surface area (Å²) in [5.74, 6) is 0.975. The highest BCUT2D eigenvalue weighted by molar-refractivity contribution is 5.16. The molecule has 108 valence electrons. The summed E-state index contributed by atoms with van der Waals surface area (Å²) in [5.41, 5.74) is 1.22. The molecule has 0 bridgehead atoms. The first-order chi connectivity index (χ1) is 9.29. The number of hydrogen-bond acceptors (Lipinski definition) is 4. The van der Waals surface area contributed by atoms with Crippen LogP contribution in [-0.4, -0.2) is 37.7 Å². The van der Waals surface area contributed by atoms with E-state index < -0.39 is 0 Å². The van der Waals surface area contributed by atoms with Crippen molar-refractivity contribution >= 4 is 0 Å². The number of rotatable bonds is 7. The van der Waals surface area contributed by atoms with Crippen LogP contribution in [0.2, 0.25) is 0 Å². The van der Waals surface area contributed by atoms with Gasteiger partial charge in [0.25, 0.3) is 0 Å². The van der Waals surface area contributed by atoms with Gasteiger partial charge in [0.1, 0.15) is 12.4 Å². The standard InChI is InChI=1S/C15H26N2O2/c1-3-7-16-11-13-6-10-18-15(13)12-19-14-4-8-17(2)9-5-14/h6,10,14,16H,3-5,7-9,11-12H2,1-2H3. The van der Waals surface area contributed by atoms with E-state index in [1.165, 1.54) is 5.56 Å². The smallest absolute Gasteiger partial charge is 0.133 e. The number of likely N-dealkylation sites (tertiary alicyclic amines) is 1. The average Bonchev–Trinajstić information content (AvgIpc) is 2.86. The van der Waals surface area contributed by atoms with Crippen molar-refractivity contribution in [2.75, 3.05) is 26.7 Å². The van der Waals surface area contributed by atoms with Gasteiger partial charge in [0.2, 0.25) is 0 Å². The van der Waals surface area contributed by atoms with E-state index in [1.807, 2.05) is 6.07 Å². The topological polar surface area (TPSA) is 37.6 Å². The van der Waals surface area contributed by atoms with Gasteiger partial charge in [0, 0.05) is 25.2 Å². The molecule has 0 spiro atoms. The Morgan fingerprint density at radius 1 is 1.42 bits per heavy atom. The summed E-state index contributed by atoms with van der Waals surface area (Å²) in [6, 6.07) is 2.04. The highest BCUT2D eigenvalue weighted by Gasteiger charge is 2.18. The van der Waals surface area contributed by atoms with Crippen molar-refractivity contribution in [2.24, 2.45) is 0 Å². The average molecular weight is 266 g/mol. The van der Waals surface area contributed by atoms with E-state index in [4.69, 9.17) is 9.15 Å². The third-order valence-electron chi connectivity index (χ3n) is 3.70. The monoisotopic (exact) mass is 266 g/mol. The Morgan fingerprint density at radius 3 is 2.95 bits per heavy atom. The summed E-state index contributed by atoms with van der Waals surface area (Å²) < 4.78 is 11.5. The van der Waals surface area contributed by atoms with E-state index in [1.54, 1.807) is 6.26 Å². The maximum absolute atomic E-state index is 5.97. The molecule has 19 heavy (non-hydrogen) atoms. The van der Waals surface area contributed by atoms with Gasteiger partial charge in [-0.3, -0.25) is 0 Å². The normalized spacial score (nSPS) is 18.0. The summed E-state index contributed by atoms with van der Waals surface area (Å²) in [5, 5.41) is 3.40. The molecule has 2 heterocycles. The maximum atomic E-state index is 5.97. The Kier molecular flexibility index (Phi) is 5.89. The summed E-state index contributed by atoms with van der Waals surface area (Å²) in [6.45, 7) is 6.95. The van der Waals surface area contributed by atoms with Crippen LogP contribution in [0.15, 0.2) is 16.7 Å². The highest BCUT2D eigenvalue weighted by atomic mass is 16.5. The fourth-order valence-electron chi connectivity index (χ4n) is 2.40. The van der Waals surface area contributed by atoms with Crippen LogP contribution >= 0.6 is 0 Å². The molecule has 1 saturated heterocycles. The molecule has 1 fully saturated rings. The van der Waals surface area contributed by atoms with Crippen LogP contribution in [0.1, 0.15) is 37.5 Å². The molecular weight excluding hydrogens is 240 g/mol. The van der Waals surface area contributed by atoms with Gasteiger partial charge in [0.05, 0.1) is 12.4 Å². The molecule has 1 aromatic heterocycles. The molecule has 0 unspecified atom stereocenters. The van der Waals surface area contributed by atoms with Gasteiger partial charge in [-0.2, -0.15) is 0 Å². The number of piperidine rings is 1. The first-order valence-corrected chi connectivity index (χ1v) is 7.35. The van der Waals surface area contributed by atoms with E-state index in [2.05, 4.69) is 24.2 Å². The second kappa shape index (κ2) is 7.68. The largest absolute Gasteiger partial charge is 0.467 e. The summed E-state index contributed by atoms with van der Waals surface area (Å²) >= 11 is 0. The van der Waals surface area contributed by atoms with Crippen molar-refractivity contribution in [2.45, 2.75) is 45.4 Å². The van der Waals surface area contributed by atoms with Crippen molar-refractivity contribution in [3.05, 3.63) is 23.7 Å². The van der Waals surface area contributed by atoms with Crippen molar-refractivity contribution in [3.63, 3.8) is 0 Å². The van der Waals surface area contributed by atoms with Crippen LogP contribution < -0.4 is 5.32 Å². The predicted molar refractivity (Wildman–Crippen MR) is 76.0 cm³/mol. The molecule has 0 amide bonds. The summed E-state index contributed by atoms with van der Waals surface area (Å²) in [6.07, 6.45) is 5.55. The molecule has 1 N–H and O–H groups in total. The number of nitrogens with zero attached hydrogens (tertiary/aromatic N) is 1. The Bertz CT molecular complexity index is 357. The number of ether oxygens (including phenoxy) is 1. The number of hydrogen-bond donors (Lipinski definition) is 1. The van der Waals surface area contributed by atoms with Gasteiger partial charge in [-0.05, 0) is 38.9 Å². The molecule has 4 nitrogen and oxygen atoms in total. The molecule has 0 atom stereocenters. The minimum absolute atomic E-state index is 0.387. The molecule has 0 saturated carbocycles. The van der Waals surface area contributed by atoms with Crippen molar-refractivity contribution in [3.8, 4) is 0 Å². The van der Waals surface area contributed by atoms with E-state index in [0.717, 1.165) is 51.2 Å². The van der Waals surface area contributed by atoms with Crippen molar-refractivity contribution < 1.29 is 9.15 Å². The molecule has 1 aliphatic rings. The lowest BCUT2D eigenvalue weighted by Gasteiger charge is -2.28. The zero-order valence-electron chi connectivity index (χ0n) is 12.2. The molecular formula is C15H26N2O2. The highest BCUT2D eigenvalue weighted by Crippen LogP contribution is 2.17. The molecule has 4 heteroatoms. The molecule has 2 rings (SSSR count). The number of furan rings is 1. The van der Waals surface area contributed by atoms with Crippen LogP contribution in [0.3, 0.4) is 0 Å². The lowest BCUT2D eigenvalue weighted by atomic mass is 10.1. The molecule has 1 aliphatic heterocycles. The van der Waals surface area contributed by atoms with Gasteiger partial charge in [-0.1, -0.05) is 6.92 Å². The fourth-order valence-corrected chi connectivity index (χ4v) is 2.40. The summed E-state index contributed by atoms with van der Waals surface area (Å²) in [7, 11) is 2.17. The van der Waals surface area contributed by atoms with E-state index >= 15 is 0 Å². The molecule has 0 radical (unpaired) electrons. The molecule has 0 aliphatic carbocycles. The van der Waals surface area contributed by atoms with Gasteiger partial charge < -0.3 is 19.4 Å². The first kappa shape index (κ1) is 14.6. The van der Waals surface area contributed by atoms with Crippen LogP contribution in [0.5, 0.6) is 0 Å². The second-order valence-electron chi connectivity index (χ2n) is 5.36. The van der Waals surface area contributed by atoms with Gasteiger partial charge >= 0.3 is 0 Å². The van der Waals surface area contributed by atoms with Crippen molar-refractivity contribution in [1.29, 1.82) is 0 Å². The zero-order chi connectivity index (χ0) is 13.5. The minimum Gasteiger partial charge on any atom is -0.467 e. The molecule has 1 aromatic rings.